The molecule has 0 atom stereocenters. The van der Waals surface area contributed by atoms with E-state index in [2.05, 4.69) is 0 Å². The maximum absolute atomic E-state index is 13.5. The number of benzene rings is 3. The molecule has 0 aliphatic heterocycles. The lowest BCUT2D eigenvalue weighted by Crippen LogP contribution is -2.43. The van der Waals surface area contributed by atoms with Gasteiger partial charge >= 0.3 is 5.69 Å². The molecule has 1 fully saturated rings. The molecule has 0 bridgehead atoms. The first kappa shape index (κ1) is 19.5. The van der Waals surface area contributed by atoms with Gasteiger partial charge in [0.2, 0.25) is 0 Å². The van der Waals surface area contributed by atoms with Gasteiger partial charge in [0, 0.05) is 11.6 Å². The number of carbonyl (C=O) groups excluding carboxylic acids is 1. The van der Waals surface area contributed by atoms with E-state index in [1.165, 1.54) is 9.13 Å². The Labute approximate surface area is 179 Å². The fourth-order valence-electron chi connectivity index (χ4n) is 4.75. The second kappa shape index (κ2) is 7.99. The van der Waals surface area contributed by atoms with Crippen LogP contribution >= 0.6 is 0 Å². The topological polar surface area (TPSA) is 61.1 Å². The Bertz CT molecular complexity index is 1410. The van der Waals surface area contributed by atoms with Gasteiger partial charge in [-0.1, -0.05) is 67.8 Å². The van der Waals surface area contributed by atoms with Crippen LogP contribution in [0, 0.1) is 0 Å². The maximum atomic E-state index is 13.5. The second-order valence-electron chi connectivity index (χ2n) is 8.34. The summed E-state index contributed by atoms with van der Waals surface area (Å²) in [5.74, 6) is -0.146. The zero-order valence-electron chi connectivity index (χ0n) is 17.3. The van der Waals surface area contributed by atoms with Crippen molar-refractivity contribution in [2.45, 2.75) is 44.7 Å². The first-order chi connectivity index (χ1) is 15.1. The van der Waals surface area contributed by atoms with E-state index in [9.17, 15) is 14.4 Å². The van der Waals surface area contributed by atoms with Crippen molar-refractivity contribution in [1.82, 2.24) is 9.13 Å². The summed E-state index contributed by atoms with van der Waals surface area (Å²) in [6, 6.07) is 20.4. The Hall–Kier alpha value is -3.47. The van der Waals surface area contributed by atoms with Crippen LogP contribution in [-0.4, -0.2) is 14.9 Å². The number of hydrogen-bond acceptors (Lipinski definition) is 3. The fourth-order valence-corrected chi connectivity index (χ4v) is 4.75. The minimum atomic E-state index is -0.385. The molecule has 0 unspecified atom stereocenters. The fraction of sp³-hybridized carbons (Fsp3) is 0.269. The van der Waals surface area contributed by atoms with Gasteiger partial charge in [0.25, 0.3) is 5.56 Å². The average Bonchev–Trinajstić information content (AvgIpc) is 2.82. The van der Waals surface area contributed by atoms with E-state index in [1.807, 2.05) is 36.4 Å². The lowest BCUT2D eigenvalue weighted by atomic mass is 9.95. The second-order valence-corrected chi connectivity index (χ2v) is 8.34. The SMILES string of the molecule is O=C(Cn1c(=O)n(C2CCCCC2)c(=O)c2ccccc21)c1ccc2ccccc2c1. The summed E-state index contributed by atoms with van der Waals surface area (Å²) in [6.45, 7) is -0.0926. The number of hydrogen-bond donors (Lipinski definition) is 0. The molecule has 0 saturated heterocycles. The highest BCUT2D eigenvalue weighted by molar-refractivity contribution is 6.00. The largest absolute Gasteiger partial charge is 0.332 e. The molecule has 5 heteroatoms. The standard InChI is InChI=1S/C26H24N2O3/c29-24(20-15-14-18-8-4-5-9-19(18)16-20)17-27-23-13-7-6-12-22(23)25(30)28(26(27)31)21-10-2-1-3-11-21/h4-9,12-16,21H,1-3,10-11,17H2. The maximum Gasteiger partial charge on any atom is 0.332 e. The highest BCUT2D eigenvalue weighted by atomic mass is 16.2. The van der Waals surface area contributed by atoms with Crippen LogP contribution in [0.25, 0.3) is 21.7 Å². The van der Waals surface area contributed by atoms with Gasteiger partial charge in [-0.25, -0.2) is 4.79 Å². The number of aromatic nitrogens is 2. The molecule has 5 nitrogen and oxygen atoms in total. The zero-order valence-corrected chi connectivity index (χ0v) is 17.3. The van der Waals surface area contributed by atoms with E-state index in [0.717, 1.165) is 42.9 Å². The average molecular weight is 412 g/mol. The molecule has 0 amide bonds. The minimum Gasteiger partial charge on any atom is -0.292 e. The van der Waals surface area contributed by atoms with Crippen molar-refractivity contribution in [3.05, 3.63) is 93.1 Å². The van der Waals surface area contributed by atoms with Gasteiger partial charge in [-0.05, 0) is 41.8 Å². The van der Waals surface area contributed by atoms with Gasteiger partial charge in [-0.15, -0.1) is 0 Å². The number of nitrogens with zero attached hydrogens (tertiary/aromatic N) is 2. The summed E-state index contributed by atoms with van der Waals surface area (Å²) >= 11 is 0. The van der Waals surface area contributed by atoms with Gasteiger partial charge in [-0.2, -0.15) is 0 Å². The molecule has 3 aromatic carbocycles. The Morgan fingerprint density at radius 2 is 1.55 bits per heavy atom. The molecule has 1 aliphatic rings. The molecule has 1 aliphatic carbocycles. The first-order valence-corrected chi connectivity index (χ1v) is 10.9. The molecule has 1 heterocycles. The van der Waals surface area contributed by atoms with Crippen LogP contribution in [0.5, 0.6) is 0 Å². The Balaban J connectivity index is 1.62. The number of Topliss-reactive ketones (excluding diaryl/α,β-unsaturated/α-hetero) is 1. The van der Waals surface area contributed by atoms with E-state index >= 15 is 0 Å². The van der Waals surface area contributed by atoms with Crippen molar-refractivity contribution in [1.29, 1.82) is 0 Å². The summed E-state index contributed by atoms with van der Waals surface area (Å²) in [4.78, 5) is 39.8. The van der Waals surface area contributed by atoms with Crippen LogP contribution in [0.4, 0.5) is 0 Å². The summed E-state index contributed by atoms with van der Waals surface area (Å²) in [5.41, 5.74) is 0.440. The normalized spacial score (nSPS) is 14.8. The third kappa shape index (κ3) is 3.50. The molecule has 0 spiro atoms. The molecular weight excluding hydrogens is 388 g/mol. The smallest absolute Gasteiger partial charge is 0.292 e. The molecule has 1 aromatic heterocycles. The van der Waals surface area contributed by atoms with Crippen molar-refractivity contribution in [2.24, 2.45) is 0 Å². The first-order valence-electron chi connectivity index (χ1n) is 10.9. The summed E-state index contributed by atoms with van der Waals surface area (Å²) in [5, 5.41) is 2.53. The van der Waals surface area contributed by atoms with Crippen molar-refractivity contribution in [2.75, 3.05) is 0 Å². The summed E-state index contributed by atoms with van der Waals surface area (Å²) in [7, 11) is 0. The van der Waals surface area contributed by atoms with E-state index in [-0.39, 0.29) is 29.6 Å². The molecule has 31 heavy (non-hydrogen) atoms. The van der Waals surface area contributed by atoms with Gasteiger partial charge < -0.3 is 0 Å². The van der Waals surface area contributed by atoms with Crippen molar-refractivity contribution in [3.8, 4) is 0 Å². The Morgan fingerprint density at radius 1 is 0.839 bits per heavy atom. The number of fused-ring (bicyclic) bond motifs is 2. The number of para-hydroxylation sites is 1. The van der Waals surface area contributed by atoms with Crippen molar-refractivity contribution >= 4 is 27.5 Å². The third-order valence-corrected chi connectivity index (χ3v) is 6.39. The van der Waals surface area contributed by atoms with Crippen molar-refractivity contribution in [3.63, 3.8) is 0 Å². The van der Waals surface area contributed by atoms with Gasteiger partial charge in [0.05, 0.1) is 17.4 Å². The monoisotopic (exact) mass is 412 g/mol. The van der Waals surface area contributed by atoms with E-state index < -0.39 is 0 Å². The van der Waals surface area contributed by atoms with Crippen LogP contribution < -0.4 is 11.2 Å². The number of ketones is 1. The molecule has 1 saturated carbocycles. The summed E-state index contributed by atoms with van der Waals surface area (Å²) in [6.07, 6.45) is 4.81. The lowest BCUT2D eigenvalue weighted by molar-refractivity contribution is 0.0971. The number of rotatable bonds is 4. The quantitative estimate of drug-likeness (QED) is 0.456. The Kier molecular flexibility index (Phi) is 5.02. The van der Waals surface area contributed by atoms with E-state index in [0.29, 0.717) is 16.5 Å². The van der Waals surface area contributed by atoms with Crippen LogP contribution in [0.1, 0.15) is 48.5 Å². The molecule has 4 aromatic rings. The highest BCUT2D eigenvalue weighted by Gasteiger charge is 2.23. The van der Waals surface area contributed by atoms with Crippen LogP contribution in [-0.2, 0) is 6.54 Å². The minimum absolute atomic E-state index is 0.0926. The lowest BCUT2D eigenvalue weighted by Gasteiger charge is -2.24. The van der Waals surface area contributed by atoms with Crippen LogP contribution in [0.3, 0.4) is 0 Å². The number of carbonyl (C=O) groups is 1. The Morgan fingerprint density at radius 3 is 2.35 bits per heavy atom. The molecule has 156 valence electrons. The highest BCUT2D eigenvalue weighted by Crippen LogP contribution is 2.26. The third-order valence-electron chi connectivity index (χ3n) is 6.39. The molecule has 0 N–H and O–H groups in total. The molecular formula is C26H24N2O3. The van der Waals surface area contributed by atoms with Crippen LogP contribution in [0.2, 0.25) is 0 Å². The molecule has 0 radical (unpaired) electrons. The predicted molar refractivity (Wildman–Crippen MR) is 123 cm³/mol. The van der Waals surface area contributed by atoms with Gasteiger partial charge in [0.15, 0.2) is 5.78 Å². The van der Waals surface area contributed by atoms with Crippen molar-refractivity contribution < 1.29 is 4.79 Å². The predicted octanol–water partition coefficient (Wildman–Crippen LogP) is 4.70. The van der Waals surface area contributed by atoms with E-state index in [1.54, 1.807) is 30.3 Å². The van der Waals surface area contributed by atoms with Gasteiger partial charge in [-0.3, -0.25) is 18.7 Å². The summed E-state index contributed by atoms with van der Waals surface area (Å²) < 4.78 is 2.87. The zero-order chi connectivity index (χ0) is 21.4. The van der Waals surface area contributed by atoms with E-state index in [4.69, 9.17) is 0 Å². The molecule has 5 rings (SSSR count). The van der Waals surface area contributed by atoms with Gasteiger partial charge in [0.1, 0.15) is 0 Å². The van der Waals surface area contributed by atoms with Crippen LogP contribution in [0.15, 0.2) is 76.3 Å².